The summed E-state index contributed by atoms with van der Waals surface area (Å²) >= 11 is 5.75. The highest BCUT2D eigenvalue weighted by Gasteiger charge is 2.26. The third-order valence-electron chi connectivity index (χ3n) is 2.36. The van der Waals surface area contributed by atoms with Crippen molar-refractivity contribution in [1.82, 2.24) is 20.3 Å². The number of aromatic nitrogens is 3. The third-order valence-corrected chi connectivity index (χ3v) is 2.53. The fourth-order valence-corrected chi connectivity index (χ4v) is 1.42. The Labute approximate surface area is 111 Å². The van der Waals surface area contributed by atoms with Gasteiger partial charge in [0, 0.05) is 20.6 Å². The number of halogens is 1. The number of anilines is 2. The smallest absolute Gasteiger partial charge is 0.228 e. The number of amides is 1. The maximum atomic E-state index is 11.6. The van der Waals surface area contributed by atoms with Crippen LogP contribution in [0.4, 0.5) is 11.9 Å². The van der Waals surface area contributed by atoms with E-state index in [0.29, 0.717) is 18.4 Å². The van der Waals surface area contributed by atoms with Crippen LogP contribution in [-0.2, 0) is 4.79 Å². The molecule has 0 spiro atoms. The van der Waals surface area contributed by atoms with E-state index in [1.165, 1.54) is 0 Å². The van der Waals surface area contributed by atoms with Crippen LogP contribution in [0.25, 0.3) is 0 Å². The van der Waals surface area contributed by atoms with Crippen molar-refractivity contribution in [2.24, 2.45) is 5.41 Å². The summed E-state index contributed by atoms with van der Waals surface area (Å²) in [6.45, 7) is 4.03. The molecule has 7 nitrogen and oxygen atoms in total. The van der Waals surface area contributed by atoms with Crippen molar-refractivity contribution in [2.75, 3.05) is 31.3 Å². The molecule has 18 heavy (non-hydrogen) atoms. The number of hydrogen-bond donors (Lipinski definition) is 3. The van der Waals surface area contributed by atoms with E-state index in [1.807, 2.05) is 13.8 Å². The van der Waals surface area contributed by atoms with Crippen LogP contribution in [0.3, 0.4) is 0 Å². The van der Waals surface area contributed by atoms with Gasteiger partial charge in [0.2, 0.25) is 23.1 Å². The van der Waals surface area contributed by atoms with Gasteiger partial charge in [0.05, 0.1) is 5.41 Å². The van der Waals surface area contributed by atoms with Gasteiger partial charge in [-0.05, 0) is 25.4 Å². The summed E-state index contributed by atoms with van der Waals surface area (Å²) in [6, 6.07) is 0. The minimum Gasteiger partial charge on any atom is -0.359 e. The van der Waals surface area contributed by atoms with Gasteiger partial charge in [-0.2, -0.15) is 15.0 Å². The highest BCUT2D eigenvalue weighted by molar-refractivity contribution is 6.28. The van der Waals surface area contributed by atoms with Gasteiger partial charge >= 0.3 is 0 Å². The SMILES string of the molecule is CNC(=O)C(C)(C)CNc1nc(Cl)nc(NC)n1. The van der Waals surface area contributed by atoms with Gasteiger partial charge in [-0.15, -0.1) is 0 Å². The van der Waals surface area contributed by atoms with E-state index in [2.05, 4.69) is 30.9 Å². The highest BCUT2D eigenvalue weighted by atomic mass is 35.5. The van der Waals surface area contributed by atoms with Crippen LogP contribution < -0.4 is 16.0 Å². The van der Waals surface area contributed by atoms with Crippen LogP contribution in [0.1, 0.15) is 13.8 Å². The summed E-state index contributed by atoms with van der Waals surface area (Å²) in [5.41, 5.74) is -0.576. The topological polar surface area (TPSA) is 91.8 Å². The summed E-state index contributed by atoms with van der Waals surface area (Å²) in [7, 11) is 3.28. The Balaban J connectivity index is 2.74. The van der Waals surface area contributed by atoms with Crippen molar-refractivity contribution in [3.63, 3.8) is 0 Å². The van der Waals surface area contributed by atoms with Gasteiger partial charge < -0.3 is 16.0 Å². The first-order valence-electron chi connectivity index (χ1n) is 5.44. The van der Waals surface area contributed by atoms with Crippen molar-refractivity contribution in [2.45, 2.75) is 13.8 Å². The highest BCUT2D eigenvalue weighted by Crippen LogP contribution is 2.16. The Bertz CT molecular complexity index is 436. The van der Waals surface area contributed by atoms with Gasteiger partial charge in [-0.1, -0.05) is 0 Å². The molecule has 100 valence electrons. The van der Waals surface area contributed by atoms with Crippen LogP contribution >= 0.6 is 11.6 Å². The molecular formula is C10H17ClN6O. The molecule has 0 saturated heterocycles. The molecule has 1 rings (SSSR count). The van der Waals surface area contributed by atoms with E-state index in [1.54, 1.807) is 14.1 Å². The van der Waals surface area contributed by atoms with Crippen LogP contribution in [-0.4, -0.2) is 41.5 Å². The number of nitrogens with one attached hydrogen (secondary N) is 3. The molecule has 0 aromatic carbocycles. The molecule has 0 bridgehead atoms. The summed E-state index contributed by atoms with van der Waals surface area (Å²) < 4.78 is 0. The van der Waals surface area contributed by atoms with Crippen molar-refractivity contribution in [3.05, 3.63) is 5.28 Å². The molecule has 0 unspecified atom stereocenters. The Hall–Kier alpha value is -1.63. The number of nitrogens with zero attached hydrogens (tertiary/aromatic N) is 3. The van der Waals surface area contributed by atoms with Crippen molar-refractivity contribution >= 4 is 29.4 Å². The summed E-state index contributed by atoms with van der Waals surface area (Å²) in [4.78, 5) is 23.5. The molecule has 0 fully saturated rings. The van der Waals surface area contributed by atoms with Gasteiger partial charge in [-0.3, -0.25) is 4.79 Å². The fourth-order valence-electron chi connectivity index (χ4n) is 1.26. The maximum Gasteiger partial charge on any atom is 0.228 e. The molecule has 0 aliphatic heterocycles. The molecule has 1 aromatic heterocycles. The summed E-state index contributed by atoms with van der Waals surface area (Å²) in [5, 5.41) is 8.44. The lowest BCUT2D eigenvalue weighted by Gasteiger charge is -2.22. The lowest BCUT2D eigenvalue weighted by atomic mass is 9.92. The maximum absolute atomic E-state index is 11.6. The summed E-state index contributed by atoms with van der Waals surface area (Å²) in [6.07, 6.45) is 0. The second kappa shape index (κ2) is 5.81. The first-order chi connectivity index (χ1) is 8.39. The molecule has 0 atom stereocenters. The van der Waals surface area contributed by atoms with Crippen LogP contribution in [0.5, 0.6) is 0 Å². The first kappa shape index (κ1) is 14.4. The van der Waals surface area contributed by atoms with E-state index < -0.39 is 5.41 Å². The zero-order valence-corrected chi connectivity index (χ0v) is 11.6. The Morgan fingerprint density at radius 3 is 2.39 bits per heavy atom. The number of carbonyl (C=O) groups excluding carboxylic acids is 1. The molecule has 0 aliphatic carbocycles. The van der Waals surface area contributed by atoms with Crippen LogP contribution in [0.15, 0.2) is 0 Å². The Morgan fingerprint density at radius 2 is 1.83 bits per heavy atom. The average molecular weight is 273 g/mol. The predicted octanol–water partition coefficient (Wildman–Crippen LogP) is 0.751. The fraction of sp³-hybridized carbons (Fsp3) is 0.600. The zero-order chi connectivity index (χ0) is 13.8. The molecule has 1 heterocycles. The molecule has 1 aromatic rings. The lowest BCUT2D eigenvalue weighted by molar-refractivity contribution is -0.128. The van der Waals surface area contributed by atoms with Gasteiger partial charge in [0.25, 0.3) is 0 Å². The number of hydrogen-bond acceptors (Lipinski definition) is 6. The second-order valence-electron chi connectivity index (χ2n) is 4.32. The number of rotatable bonds is 5. The van der Waals surface area contributed by atoms with Crippen molar-refractivity contribution < 1.29 is 4.79 Å². The normalized spacial score (nSPS) is 10.9. The van der Waals surface area contributed by atoms with E-state index in [-0.39, 0.29) is 11.2 Å². The molecule has 0 radical (unpaired) electrons. The molecule has 8 heteroatoms. The zero-order valence-electron chi connectivity index (χ0n) is 10.8. The van der Waals surface area contributed by atoms with Crippen LogP contribution in [0, 0.1) is 5.41 Å². The van der Waals surface area contributed by atoms with Gasteiger partial charge in [0.1, 0.15) is 0 Å². The van der Waals surface area contributed by atoms with E-state index in [9.17, 15) is 4.79 Å². The van der Waals surface area contributed by atoms with Crippen molar-refractivity contribution in [1.29, 1.82) is 0 Å². The predicted molar refractivity (Wildman–Crippen MR) is 70.7 cm³/mol. The molecule has 1 amide bonds. The Morgan fingerprint density at radius 1 is 1.22 bits per heavy atom. The largest absolute Gasteiger partial charge is 0.359 e. The quantitative estimate of drug-likeness (QED) is 0.733. The number of carbonyl (C=O) groups is 1. The minimum atomic E-state index is -0.576. The standard InChI is InChI=1S/C10H17ClN6O/c1-10(2,6(18)12-3)5-14-9-16-7(11)15-8(13-4)17-9/h5H2,1-4H3,(H,12,18)(H2,13,14,15,16,17). The lowest BCUT2D eigenvalue weighted by Crippen LogP contribution is -2.39. The monoisotopic (exact) mass is 272 g/mol. The Kier molecular flexibility index (Phi) is 4.66. The van der Waals surface area contributed by atoms with E-state index in [0.717, 1.165) is 0 Å². The molecule has 3 N–H and O–H groups in total. The van der Waals surface area contributed by atoms with E-state index >= 15 is 0 Å². The van der Waals surface area contributed by atoms with Gasteiger partial charge in [0.15, 0.2) is 0 Å². The van der Waals surface area contributed by atoms with Gasteiger partial charge in [-0.25, -0.2) is 0 Å². The third kappa shape index (κ3) is 3.69. The average Bonchev–Trinajstić information content (AvgIpc) is 2.34. The van der Waals surface area contributed by atoms with E-state index in [4.69, 9.17) is 11.6 Å². The molecule has 0 saturated carbocycles. The molecule has 0 aliphatic rings. The van der Waals surface area contributed by atoms with Crippen molar-refractivity contribution in [3.8, 4) is 0 Å². The minimum absolute atomic E-state index is 0.0657. The summed E-state index contributed by atoms with van der Waals surface area (Å²) in [5.74, 6) is 0.635. The molecular weight excluding hydrogens is 256 g/mol. The first-order valence-corrected chi connectivity index (χ1v) is 5.82. The second-order valence-corrected chi connectivity index (χ2v) is 4.66. The van der Waals surface area contributed by atoms with Crippen LogP contribution in [0.2, 0.25) is 5.28 Å².